The minimum Gasteiger partial charge on any atom is -0.379 e. The summed E-state index contributed by atoms with van der Waals surface area (Å²) in [5.41, 5.74) is 0.360. The van der Waals surface area contributed by atoms with Gasteiger partial charge in [-0.05, 0) is 39.0 Å². The van der Waals surface area contributed by atoms with E-state index < -0.39 is 0 Å². The van der Waals surface area contributed by atoms with Gasteiger partial charge in [-0.25, -0.2) is 0 Å². The molecule has 0 aromatic carbocycles. The number of hydrogen-bond donors (Lipinski definition) is 2. The fraction of sp³-hybridized carbons (Fsp3) is 0.944. The molecule has 0 radical (unpaired) electrons. The first-order valence-electron chi connectivity index (χ1n) is 9.56. The van der Waals surface area contributed by atoms with Gasteiger partial charge in [-0.15, -0.1) is 0 Å². The smallest absolute Gasteiger partial charge is 0.191 e. The summed E-state index contributed by atoms with van der Waals surface area (Å²) in [6, 6.07) is 0.501. The molecule has 2 aliphatic carbocycles. The number of rotatable bonds is 8. The number of nitrogens with one attached hydrogen (secondary N) is 2. The molecule has 0 aromatic rings. The van der Waals surface area contributed by atoms with Gasteiger partial charge in [-0.2, -0.15) is 0 Å². The van der Waals surface area contributed by atoms with Crippen molar-refractivity contribution in [1.29, 1.82) is 0 Å². The Bertz CT molecular complexity index is 420. The van der Waals surface area contributed by atoms with E-state index in [1.54, 1.807) is 0 Å². The van der Waals surface area contributed by atoms with E-state index in [2.05, 4.69) is 22.5 Å². The van der Waals surface area contributed by atoms with Crippen LogP contribution in [-0.4, -0.2) is 64.2 Å². The van der Waals surface area contributed by atoms with Crippen molar-refractivity contribution in [3.05, 3.63) is 0 Å². The fourth-order valence-electron chi connectivity index (χ4n) is 4.17. The summed E-state index contributed by atoms with van der Waals surface area (Å²) in [4.78, 5) is 4.37. The summed E-state index contributed by atoms with van der Waals surface area (Å²) in [5.74, 6) is 0.908. The van der Waals surface area contributed by atoms with E-state index in [1.165, 1.54) is 19.3 Å². The predicted octanol–water partition coefficient (Wildman–Crippen LogP) is 1.69. The Morgan fingerprint density at radius 3 is 2.83 bits per heavy atom. The molecule has 3 aliphatic rings. The van der Waals surface area contributed by atoms with Gasteiger partial charge < -0.3 is 24.8 Å². The van der Waals surface area contributed by atoms with Crippen LogP contribution in [0.2, 0.25) is 0 Å². The first kappa shape index (κ1) is 18.0. The lowest BCUT2D eigenvalue weighted by Crippen LogP contribution is -2.68. The third-order valence-corrected chi connectivity index (χ3v) is 5.83. The highest BCUT2D eigenvalue weighted by Crippen LogP contribution is 2.57. The molecule has 3 atom stereocenters. The van der Waals surface area contributed by atoms with Crippen molar-refractivity contribution in [2.45, 2.75) is 63.7 Å². The second-order valence-electron chi connectivity index (χ2n) is 7.17. The van der Waals surface area contributed by atoms with E-state index in [0.717, 1.165) is 58.2 Å². The zero-order valence-corrected chi connectivity index (χ0v) is 15.2. The molecule has 2 saturated carbocycles. The van der Waals surface area contributed by atoms with Gasteiger partial charge in [0.15, 0.2) is 5.96 Å². The number of hydrogen-bond acceptors (Lipinski definition) is 4. The van der Waals surface area contributed by atoms with Gasteiger partial charge in [-0.1, -0.05) is 6.42 Å². The monoisotopic (exact) mass is 339 g/mol. The van der Waals surface area contributed by atoms with Gasteiger partial charge >= 0.3 is 0 Å². The van der Waals surface area contributed by atoms with Gasteiger partial charge in [0.2, 0.25) is 0 Å². The standard InChI is InChI=1S/C18H33N3O3/c1-3-23-16-12-15(18(16)7-4-8-18)21-17(19-2)20-9-5-10-24-14-6-11-22-13-14/h14-16H,3-13H2,1-2H3,(H2,19,20,21). The predicted molar refractivity (Wildman–Crippen MR) is 94.4 cm³/mol. The molecule has 3 rings (SSSR count). The van der Waals surface area contributed by atoms with Crippen molar-refractivity contribution in [3.8, 4) is 0 Å². The van der Waals surface area contributed by atoms with Crippen LogP contribution in [-0.2, 0) is 14.2 Å². The topological polar surface area (TPSA) is 64.1 Å². The molecule has 138 valence electrons. The largest absolute Gasteiger partial charge is 0.379 e. The Hall–Kier alpha value is -0.850. The number of ether oxygens (including phenoxy) is 3. The molecular formula is C18H33N3O3. The molecular weight excluding hydrogens is 306 g/mol. The van der Waals surface area contributed by atoms with Gasteiger partial charge in [0.05, 0.1) is 18.8 Å². The minimum atomic E-state index is 0.298. The van der Waals surface area contributed by atoms with Crippen molar-refractivity contribution in [2.24, 2.45) is 10.4 Å². The second-order valence-corrected chi connectivity index (χ2v) is 7.17. The van der Waals surface area contributed by atoms with Crippen LogP contribution < -0.4 is 10.6 Å². The quantitative estimate of drug-likeness (QED) is 0.400. The van der Waals surface area contributed by atoms with Crippen LogP contribution in [0, 0.1) is 5.41 Å². The van der Waals surface area contributed by atoms with E-state index in [1.807, 2.05) is 7.05 Å². The zero-order chi connectivity index (χ0) is 16.8. The molecule has 1 aliphatic heterocycles. The summed E-state index contributed by atoms with van der Waals surface area (Å²) in [6.07, 6.45) is 7.73. The average molecular weight is 339 g/mol. The normalized spacial score (nSPS) is 31.6. The maximum absolute atomic E-state index is 5.92. The van der Waals surface area contributed by atoms with Crippen LogP contribution in [0.1, 0.15) is 45.4 Å². The Labute approximate surface area is 145 Å². The lowest BCUT2D eigenvalue weighted by atomic mass is 9.51. The summed E-state index contributed by atoms with van der Waals surface area (Å²) < 4.78 is 17.0. The molecule has 3 unspecified atom stereocenters. The summed E-state index contributed by atoms with van der Waals surface area (Å²) in [7, 11) is 1.84. The Balaban J connectivity index is 1.33. The highest BCUT2D eigenvalue weighted by atomic mass is 16.5. The van der Waals surface area contributed by atoms with Gasteiger partial charge in [0.25, 0.3) is 0 Å². The molecule has 0 aromatic heterocycles. The maximum Gasteiger partial charge on any atom is 0.191 e. The molecule has 24 heavy (non-hydrogen) atoms. The first-order valence-corrected chi connectivity index (χ1v) is 9.56. The molecule has 6 nitrogen and oxygen atoms in total. The van der Waals surface area contributed by atoms with Crippen molar-refractivity contribution in [2.75, 3.05) is 40.0 Å². The summed E-state index contributed by atoms with van der Waals surface area (Å²) >= 11 is 0. The van der Waals surface area contributed by atoms with E-state index in [-0.39, 0.29) is 0 Å². The molecule has 1 heterocycles. The van der Waals surface area contributed by atoms with E-state index in [4.69, 9.17) is 14.2 Å². The Morgan fingerprint density at radius 2 is 2.21 bits per heavy atom. The molecule has 1 spiro atoms. The number of nitrogens with zero attached hydrogens (tertiary/aromatic N) is 1. The highest BCUT2D eigenvalue weighted by molar-refractivity contribution is 5.80. The second kappa shape index (κ2) is 8.50. The van der Waals surface area contributed by atoms with Gasteiger partial charge in [-0.3, -0.25) is 4.99 Å². The van der Waals surface area contributed by atoms with Crippen LogP contribution in [0.4, 0.5) is 0 Å². The summed E-state index contributed by atoms with van der Waals surface area (Å²) in [6.45, 7) is 6.15. The third kappa shape index (κ3) is 3.86. The number of aliphatic imine (C=N–C) groups is 1. The van der Waals surface area contributed by atoms with Crippen molar-refractivity contribution in [1.82, 2.24) is 10.6 Å². The molecule has 0 bridgehead atoms. The van der Waals surface area contributed by atoms with E-state index in [0.29, 0.717) is 23.7 Å². The molecule has 2 N–H and O–H groups in total. The summed E-state index contributed by atoms with van der Waals surface area (Å²) in [5, 5.41) is 7.03. The molecule has 3 fully saturated rings. The zero-order valence-electron chi connectivity index (χ0n) is 15.2. The Kier molecular flexibility index (Phi) is 6.36. The first-order chi connectivity index (χ1) is 11.8. The van der Waals surface area contributed by atoms with Crippen LogP contribution in [0.3, 0.4) is 0 Å². The van der Waals surface area contributed by atoms with Crippen LogP contribution in [0.25, 0.3) is 0 Å². The lowest BCUT2D eigenvalue weighted by Gasteiger charge is -2.61. The van der Waals surface area contributed by atoms with E-state index >= 15 is 0 Å². The molecule has 0 amide bonds. The maximum atomic E-state index is 5.92. The van der Waals surface area contributed by atoms with Crippen molar-refractivity contribution in [3.63, 3.8) is 0 Å². The average Bonchev–Trinajstić information content (AvgIpc) is 3.03. The molecule has 6 heteroatoms. The van der Waals surface area contributed by atoms with Gasteiger partial charge in [0, 0.05) is 44.9 Å². The lowest BCUT2D eigenvalue weighted by molar-refractivity contribution is -0.168. The van der Waals surface area contributed by atoms with E-state index in [9.17, 15) is 0 Å². The van der Waals surface area contributed by atoms with Crippen LogP contribution >= 0.6 is 0 Å². The fourth-order valence-corrected chi connectivity index (χ4v) is 4.17. The van der Waals surface area contributed by atoms with Gasteiger partial charge in [0.1, 0.15) is 0 Å². The SMILES string of the molecule is CCOC1CC(NC(=NC)NCCCOC2CCOC2)C12CCC2. The highest BCUT2D eigenvalue weighted by Gasteiger charge is 2.59. The van der Waals surface area contributed by atoms with Crippen molar-refractivity contribution < 1.29 is 14.2 Å². The minimum absolute atomic E-state index is 0.298. The van der Waals surface area contributed by atoms with Crippen molar-refractivity contribution >= 4 is 5.96 Å². The van der Waals surface area contributed by atoms with Crippen LogP contribution in [0.15, 0.2) is 4.99 Å². The molecule has 1 saturated heterocycles. The van der Waals surface area contributed by atoms with Crippen LogP contribution in [0.5, 0.6) is 0 Å². The third-order valence-electron chi connectivity index (χ3n) is 5.83. The Morgan fingerprint density at radius 1 is 1.33 bits per heavy atom. The number of guanidine groups is 1.